The predicted molar refractivity (Wildman–Crippen MR) is 71.6 cm³/mol. The van der Waals surface area contributed by atoms with E-state index in [-0.39, 0.29) is 5.97 Å². The van der Waals surface area contributed by atoms with Gasteiger partial charge in [0.05, 0.1) is 14.2 Å². The zero-order valence-corrected chi connectivity index (χ0v) is 10.3. The lowest BCUT2D eigenvalue weighted by atomic mass is 10.0. The van der Waals surface area contributed by atoms with Crippen LogP contribution in [0.25, 0.3) is 16.8 Å². The van der Waals surface area contributed by atoms with Crippen LogP contribution in [0.3, 0.4) is 0 Å². The molecule has 0 aliphatic rings. The molecule has 0 saturated heterocycles. The van der Waals surface area contributed by atoms with Crippen LogP contribution in [0.5, 0.6) is 5.75 Å². The Bertz CT molecular complexity index is 600. The lowest BCUT2D eigenvalue weighted by Gasteiger charge is -2.07. The Morgan fingerprint density at radius 1 is 1.06 bits per heavy atom. The third kappa shape index (κ3) is 2.35. The Morgan fingerprint density at radius 2 is 1.78 bits per heavy atom. The first-order valence-corrected chi connectivity index (χ1v) is 5.58. The first-order valence-electron chi connectivity index (χ1n) is 5.58. The zero-order chi connectivity index (χ0) is 13.0. The van der Waals surface area contributed by atoms with Crippen LogP contribution in [-0.4, -0.2) is 20.2 Å². The van der Waals surface area contributed by atoms with E-state index in [4.69, 9.17) is 4.74 Å². The second-order valence-corrected chi connectivity index (χ2v) is 3.76. The van der Waals surface area contributed by atoms with Crippen molar-refractivity contribution in [2.24, 2.45) is 0 Å². The van der Waals surface area contributed by atoms with Crippen molar-refractivity contribution >= 4 is 22.8 Å². The number of ether oxygens (including phenoxy) is 2. The van der Waals surface area contributed by atoms with Gasteiger partial charge >= 0.3 is 5.97 Å². The molecule has 0 amide bonds. The highest BCUT2D eigenvalue weighted by Gasteiger charge is 2.04. The SMILES string of the molecule is COC(=O)C=Cc1ccc(OC)c2ccccc12. The molecule has 0 aromatic heterocycles. The summed E-state index contributed by atoms with van der Waals surface area (Å²) in [5.41, 5.74) is 0.955. The van der Waals surface area contributed by atoms with Crippen molar-refractivity contribution in [2.45, 2.75) is 0 Å². The van der Waals surface area contributed by atoms with Gasteiger partial charge in [0, 0.05) is 11.5 Å². The standard InChI is InChI=1S/C15H14O3/c1-17-14-9-7-11(8-10-15(16)18-2)12-5-3-4-6-13(12)14/h3-10H,1-2H3. The topological polar surface area (TPSA) is 35.5 Å². The average molecular weight is 242 g/mol. The van der Waals surface area contributed by atoms with Gasteiger partial charge in [-0.3, -0.25) is 0 Å². The van der Waals surface area contributed by atoms with Crippen molar-refractivity contribution in [3.63, 3.8) is 0 Å². The Morgan fingerprint density at radius 3 is 2.44 bits per heavy atom. The highest BCUT2D eigenvalue weighted by Crippen LogP contribution is 2.28. The number of methoxy groups -OCH3 is 2. The summed E-state index contributed by atoms with van der Waals surface area (Å²) in [4.78, 5) is 11.1. The molecule has 0 saturated carbocycles. The lowest BCUT2D eigenvalue weighted by Crippen LogP contribution is -1.93. The normalized spacial score (nSPS) is 10.8. The van der Waals surface area contributed by atoms with E-state index in [1.807, 2.05) is 36.4 Å². The number of esters is 1. The number of fused-ring (bicyclic) bond motifs is 1. The van der Waals surface area contributed by atoms with Crippen LogP contribution in [0, 0.1) is 0 Å². The van der Waals surface area contributed by atoms with Gasteiger partial charge in [-0.25, -0.2) is 4.79 Å². The molecule has 0 N–H and O–H groups in total. The molecule has 0 atom stereocenters. The van der Waals surface area contributed by atoms with Gasteiger partial charge in [0.1, 0.15) is 5.75 Å². The Balaban J connectivity index is 2.53. The Labute approximate surface area is 106 Å². The molecule has 0 aliphatic heterocycles. The minimum Gasteiger partial charge on any atom is -0.496 e. The molecular weight excluding hydrogens is 228 g/mol. The zero-order valence-electron chi connectivity index (χ0n) is 10.3. The van der Waals surface area contributed by atoms with Crippen LogP contribution in [0.15, 0.2) is 42.5 Å². The van der Waals surface area contributed by atoms with Crippen LogP contribution in [-0.2, 0) is 9.53 Å². The summed E-state index contributed by atoms with van der Waals surface area (Å²) in [6.45, 7) is 0. The number of hydrogen-bond donors (Lipinski definition) is 0. The van der Waals surface area contributed by atoms with Gasteiger partial charge in [0.25, 0.3) is 0 Å². The van der Waals surface area contributed by atoms with Gasteiger partial charge in [0.15, 0.2) is 0 Å². The van der Waals surface area contributed by atoms with Crippen molar-refractivity contribution in [3.8, 4) is 5.75 Å². The van der Waals surface area contributed by atoms with Crippen molar-refractivity contribution in [1.29, 1.82) is 0 Å². The summed E-state index contributed by atoms with van der Waals surface area (Å²) in [6.07, 6.45) is 3.15. The van der Waals surface area contributed by atoms with E-state index in [0.717, 1.165) is 22.1 Å². The van der Waals surface area contributed by atoms with Gasteiger partial charge in [-0.05, 0) is 23.1 Å². The van der Waals surface area contributed by atoms with E-state index in [1.165, 1.54) is 13.2 Å². The summed E-state index contributed by atoms with van der Waals surface area (Å²) < 4.78 is 9.89. The number of hydrogen-bond acceptors (Lipinski definition) is 3. The van der Waals surface area contributed by atoms with Crippen molar-refractivity contribution in [3.05, 3.63) is 48.0 Å². The van der Waals surface area contributed by atoms with Crippen LogP contribution < -0.4 is 4.74 Å². The van der Waals surface area contributed by atoms with E-state index in [0.29, 0.717) is 0 Å². The largest absolute Gasteiger partial charge is 0.496 e. The molecule has 2 aromatic carbocycles. The molecule has 3 nitrogen and oxygen atoms in total. The van der Waals surface area contributed by atoms with Crippen molar-refractivity contribution < 1.29 is 14.3 Å². The van der Waals surface area contributed by atoms with Crippen molar-refractivity contribution in [2.75, 3.05) is 14.2 Å². The fourth-order valence-electron chi connectivity index (χ4n) is 1.84. The highest BCUT2D eigenvalue weighted by molar-refractivity contribution is 5.97. The first kappa shape index (κ1) is 12.2. The van der Waals surface area contributed by atoms with Crippen LogP contribution in [0.2, 0.25) is 0 Å². The minimum atomic E-state index is -0.366. The second kappa shape index (κ2) is 5.36. The molecule has 0 radical (unpaired) electrons. The molecule has 0 unspecified atom stereocenters. The monoisotopic (exact) mass is 242 g/mol. The number of benzene rings is 2. The maximum Gasteiger partial charge on any atom is 0.330 e. The summed E-state index contributed by atoms with van der Waals surface area (Å²) in [5, 5.41) is 2.06. The van der Waals surface area contributed by atoms with E-state index in [2.05, 4.69) is 4.74 Å². The number of carbonyl (C=O) groups is 1. The Hall–Kier alpha value is -2.29. The van der Waals surface area contributed by atoms with Gasteiger partial charge in [-0.1, -0.05) is 30.3 Å². The summed E-state index contributed by atoms with van der Waals surface area (Å²) >= 11 is 0. The lowest BCUT2D eigenvalue weighted by molar-refractivity contribution is -0.134. The van der Waals surface area contributed by atoms with E-state index < -0.39 is 0 Å². The molecule has 0 fully saturated rings. The molecular formula is C15H14O3. The maximum absolute atomic E-state index is 11.1. The second-order valence-electron chi connectivity index (χ2n) is 3.76. The maximum atomic E-state index is 11.1. The molecule has 2 rings (SSSR count). The summed E-state index contributed by atoms with van der Waals surface area (Å²) in [6, 6.07) is 11.7. The molecule has 0 heterocycles. The molecule has 3 heteroatoms. The first-order chi connectivity index (χ1) is 8.76. The van der Waals surface area contributed by atoms with Crippen LogP contribution in [0.1, 0.15) is 5.56 Å². The quantitative estimate of drug-likeness (QED) is 0.613. The Kier molecular flexibility index (Phi) is 3.63. The van der Waals surface area contributed by atoms with Crippen LogP contribution in [0.4, 0.5) is 0 Å². The number of rotatable bonds is 3. The predicted octanol–water partition coefficient (Wildman–Crippen LogP) is 3.03. The molecule has 92 valence electrons. The highest BCUT2D eigenvalue weighted by atomic mass is 16.5. The van der Waals surface area contributed by atoms with E-state index in [1.54, 1.807) is 13.2 Å². The summed E-state index contributed by atoms with van der Waals surface area (Å²) in [5.74, 6) is 0.454. The summed E-state index contributed by atoms with van der Waals surface area (Å²) in [7, 11) is 3.00. The molecule has 2 aromatic rings. The van der Waals surface area contributed by atoms with Crippen LogP contribution >= 0.6 is 0 Å². The van der Waals surface area contributed by atoms with Gasteiger partial charge < -0.3 is 9.47 Å². The van der Waals surface area contributed by atoms with Gasteiger partial charge in [-0.2, -0.15) is 0 Å². The molecule has 0 bridgehead atoms. The average Bonchev–Trinajstić information content (AvgIpc) is 2.44. The van der Waals surface area contributed by atoms with Gasteiger partial charge in [0.2, 0.25) is 0 Å². The fourth-order valence-corrected chi connectivity index (χ4v) is 1.84. The van der Waals surface area contributed by atoms with Gasteiger partial charge in [-0.15, -0.1) is 0 Å². The molecule has 18 heavy (non-hydrogen) atoms. The fraction of sp³-hybridized carbons (Fsp3) is 0.133. The smallest absolute Gasteiger partial charge is 0.330 e. The third-order valence-corrected chi connectivity index (χ3v) is 2.74. The number of carbonyl (C=O) groups excluding carboxylic acids is 1. The molecule has 0 spiro atoms. The minimum absolute atomic E-state index is 0.366. The molecule has 0 aliphatic carbocycles. The third-order valence-electron chi connectivity index (χ3n) is 2.74. The van der Waals surface area contributed by atoms with Crippen molar-refractivity contribution in [1.82, 2.24) is 0 Å². The van der Waals surface area contributed by atoms with E-state index >= 15 is 0 Å². The van der Waals surface area contributed by atoms with E-state index in [9.17, 15) is 4.79 Å².